The van der Waals surface area contributed by atoms with E-state index in [1.54, 1.807) is 0 Å². The van der Waals surface area contributed by atoms with Gasteiger partial charge in [-0.2, -0.15) is 0 Å². The monoisotopic (exact) mass is 352 g/mol. The summed E-state index contributed by atoms with van der Waals surface area (Å²) in [5.41, 5.74) is 12.9. The first-order valence-corrected chi connectivity index (χ1v) is 8.98. The molecule has 0 aliphatic heterocycles. The van der Waals surface area contributed by atoms with Crippen LogP contribution in [0.2, 0.25) is 0 Å². The van der Waals surface area contributed by atoms with E-state index < -0.39 is 0 Å². The van der Waals surface area contributed by atoms with Crippen molar-refractivity contribution in [3.8, 4) is 11.4 Å². The molecule has 124 valence electrons. The Bertz CT molecular complexity index is 706. The van der Waals surface area contributed by atoms with E-state index in [0.717, 1.165) is 17.7 Å². The number of unbranched alkanes of at least 4 members (excludes halogenated alkanes) is 1. The van der Waals surface area contributed by atoms with Crippen LogP contribution >= 0.6 is 22.7 Å². The maximum absolute atomic E-state index is 11.5. The van der Waals surface area contributed by atoms with Gasteiger partial charge in [0.2, 0.25) is 0 Å². The lowest BCUT2D eigenvalue weighted by Crippen LogP contribution is -2.22. The summed E-state index contributed by atoms with van der Waals surface area (Å²) in [6.07, 6.45) is 2.07. The second kappa shape index (κ2) is 8.14. The van der Waals surface area contributed by atoms with Gasteiger partial charge >= 0.3 is 0 Å². The summed E-state index contributed by atoms with van der Waals surface area (Å²) in [6.45, 7) is 4.61. The summed E-state index contributed by atoms with van der Waals surface area (Å²) in [6, 6.07) is 0. The molecule has 0 bridgehead atoms. The molecule has 0 fully saturated rings. The molecule has 0 aromatic carbocycles. The average Bonchev–Trinajstić information content (AvgIpc) is 3.13. The Morgan fingerprint density at radius 1 is 1.43 bits per heavy atom. The van der Waals surface area contributed by atoms with E-state index >= 15 is 0 Å². The lowest BCUT2D eigenvalue weighted by Gasteiger charge is -2.01. The third-order valence-corrected chi connectivity index (χ3v) is 4.90. The van der Waals surface area contributed by atoms with Crippen LogP contribution in [0.25, 0.3) is 11.4 Å². The fourth-order valence-electron chi connectivity index (χ4n) is 1.79. The molecular formula is C14H20N6OS2. The summed E-state index contributed by atoms with van der Waals surface area (Å²) in [4.78, 5) is 25.3. The summed E-state index contributed by atoms with van der Waals surface area (Å²) in [5.74, 6) is 0.276. The highest BCUT2D eigenvalue weighted by Gasteiger charge is 2.17. The minimum Gasteiger partial charge on any atom is -0.370 e. The molecule has 0 saturated carbocycles. The Hall–Kier alpha value is -1.84. The zero-order valence-electron chi connectivity index (χ0n) is 13.1. The molecule has 5 N–H and O–H groups in total. The molecule has 0 saturated heterocycles. The number of carbonyl (C=O) groups excluding carboxylic acids is 1. The van der Waals surface area contributed by atoms with Crippen LogP contribution < -0.4 is 16.8 Å². The van der Waals surface area contributed by atoms with Crippen LogP contribution in [0.5, 0.6) is 0 Å². The Morgan fingerprint density at radius 3 is 2.87 bits per heavy atom. The van der Waals surface area contributed by atoms with Crippen molar-refractivity contribution in [2.45, 2.75) is 33.2 Å². The van der Waals surface area contributed by atoms with E-state index in [-0.39, 0.29) is 5.78 Å². The Morgan fingerprint density at radius 2 is 2.22 bits per heavy atom. The first kappa shape index (κ1) is 17.5. The number of ketones is 1. The number of aliphatic imine (C=N–C) groups is 1. The largest absolute Gasteiger partial charge is 0.370 e. The number of rotatable bonds is 7. The molecule has 0 radical (unpaired) electrons. The van der Waals surface area contributed by atoms with Crippen molar-refractivity contribution in [2.24, 2.45) is 16.5 Å². The number of hydrogen-bond donors (Lipinski definition) is 3. The molecule has 0 aliphatic rings. The van der Waals surface area contributed by atoms with Gasteiger partial charge < -0.3 is 16.8 Å². The maximum atomic E-state index is 11.5. The highest BCUT2D eigenvalue weighted by Crippen LogP contribution is 2.30. The molecule has 7 nitrogen and oxygen atoms in total. The van der Waals surface area contributed by atoms with E-state index in [2.05, 4.69) is 27.2 Å². The predicted molar refractivity (Wildman–Crippen MR) is 96.1 cm³/mol. The smallest absolute Gasteiger partial charge is 0.194 e. The zero-order chi connectivity index (χ0) is 16.8. The molecule has 0 aliphatic carbocycles. The number of anilines is 1. The maximum Gasteiger partial charge on any atom is 0.194 e. The molecule has 0 atom stereocenters. The molecule has 23 heavy (non-hydrogen) atoms. The van der Waals surface area contributed by atoms with Crippen molar-refractivity contribution in [2.75, 3.05) is 11.9 Å². The van der Waals surface area contributed by atoms with Gasteiger partial charge in [0, 0.05) is 30.3 Å². The van der Waals surface area contributed by atoms with Crippen molar-refractivity contribution in [3.05, 3.63) is 15.3 Å². The minimum atomic E-state index is -0.0724. The van der Waals surface area contributed by atoms with E-state index in [4.69, 9.17) is 11.5 Å². The van der Waals surface area contributed by atoms with Crippen molar-refractivity contribution in [3.63, 3.8) is 0 Å². The third-order valence-electron chi connectivity index (χ3n) is 2.96. The number of hydrogen-bond acceptors (Lipinski definition) is 7. The van der Waals surface area contributed by atoms with Gasteiger partial charge in [-0.1, -0.05) is 13.3 Å². The lowest BCUT2D eigenvalue weighted by atomic mass is 10.3. The van der Waals surface area contributed by atoms with Crippen LogP contribution in [0.4, 0.5) is 5.13 Å². The van der Waals surface area contributed by atoms with E-state index in [9.17, 15) is 4.79 Å². The van der Waals surface area contributed by atoms with Gasteiger partial charge in [0.15, 0.2) is 21.9 Å². The Balaban J connectivity index is 2.16. The minimum absolute atomic E-state index is 0.0724. The van der Waals surface area contributed by atoms with Gasteiger partial charge in [-0.15, -0.1) is 22.7 Å². The van der Waals surface area contributed by atoms with E-state index in [1.165, 1.54) is 29.6 Å². The second-order valence-corrected chi connectivity index (χ2v) is 6.78. The summed E-state index contributed by atoms with van der Waals surface area (Å²) >= 11 is 2.71. The molecule has 2 heterocycles. The van der Waals surface area contributed by atoms with Gasteiger partial charge in [0.25, 0.3) is 0 Å². The number of nitrogens with zero attached hydrogens (tertiary/aromatic N) is 3. The number of Topliss-reactive ketones (excluding diaryl/α,β-unsaturated/α-hetero) is 1. The number of nitrogens with one attached hydrogen (secondary N) is 1. The number of thiazole rings is 2. The van der Waals surface area contributed by atoms with Crippen LogP contribution in [0.15, 0.2) is 10.4 Å². The fraction of sp³-hybridized carbons (Fsp3) is 0.429. The van der Waals surface area contributed by atoms with E-state index in [1.807, 2.05) is 5.38 Å². The van der Waals surface area contributed by atoms with Crippen LogP contribution in [0.1, 0.15) is 41.4 Å². The van der Waals surface area contributed by atoms with Gasteiger partial charge in [0.05, 0.1) is 0 Å². The van der Waals surface area contributed by atoms with Crippen LogP contribution in [-0.2, 0) is 6.54 Å². The van der Waals surface area contributed by atoms with Crippen LogP contribution in [0.3, 0.4) is 0 Å². The third kappa shape index (κ3) is 4.57. The van der Waals surface area contributed by atoms with Gasteiger partial charge in [-0.05, 0) is 6.42 Å². The molecule has 2 aromatic rings. The Kier molecular flexibility index (Phi) is 6.20. The quantitative estimate of drug-likeness (QED) is 0.305. The highest BCUT2D eigenvalue weighted by molar-refractivity contribution is 7.15. The molecule has 9 heteroatoms. The average molecular weight is 352 g/mol. The van der Waals surface area contributed by atoms with Crippen molar-refractivity contribution >= 4 is 39.5 Å². The lowest BCUT2D eigenvalue weighted by molar-refractivity contribution is 0.101. The molecule has 0 spiro atoms. The van der Waals surface area contributed by atoms with Crippen molar-refractivity contribution < 1.29 is 4.79 Å². The SMILES string of the molecule is CCCCN=C(N)Nc1nc(-c2nc(C(C)=O)sc2CN)cs1. The van der Waals surface area contributed by atoms with Crippen molar-refractivity contribution in [1.29, 1.82) is 0 Å². The van der Waals surface area contributed by atoms with Gasteiger partial charge in [0.1, 0.15) is 11.4 Å². The number of aromatic nitrogens is 2. The van der Waals surface area contributed by atoms with Crippen molar-refractivity contribution in [1.82, 2.24) is 9.97 Å². The van der Waals surface area contributed by atoms with E-state index in [0.29, 0.717) is 40.6 Å². The zero-order valence-corrected chi connectivity index (χ0v) is 14.8. The molecular weight excluding hydrogens is 332 g/mol. The topological polar surface area (TPSA) is 119 Å². The second-order valence-electron chi connectivity index (χ2n) is 4.83. The van der Waals surface area contributed by atoms with Gasteiger partial charge in [-0.3, -0.25) is 9.79 Å². The Labute approximate surface area is 142 Å². The number of guanidine groups is 1. The first-order chi connectivity index (χ1) is 11.0. The molecule has 0 unspecified atom stereocenters. The molecule has 0 amide bonds. The number of carbonyl (C=O) groups is 1. The standard InChI is InChI=1S/C14H20N6OS2/c1-3-4-5-17-13(16)20-14-18-9(7-22-14)11-10(6-15)23-12(19-11)8(2)21/h7H,3-6,15H2,1-2H3,(H3,16,17,18,20). The van der Waals surface area contributed by atoms with Crippen LogP contribution in [0, 0.1) is 0 Å². The molecule has 2 aromatic heterocycles. The van der Waals surface area contributed by atoms with Crippen LogP contribution in [-0.4, -0.2) is 28.3 Å². The fourth-order valence-corrected chi connectivity index (χ4v) is 3.33. The predicted octanol–water partition coefficient (Wildman–Crippen LogP) is 2.45. The van der Waals surface area contributed by atoms with Gasteiger partial charge in [-0.25, -0.2) is 9.97 Å². The summed E-state index contributed by atoms with van der Waals surface area (Å²) in [5, 5.41) is 5.92. The number of nitrogens with two attached hydrogens (primary N) is 2. The summed E-state index contributed by atoms with van der Waals surface area (Å²) in [7, 11) is 0. The molecule has 2 rings (SSSR count). The first-order valence-electron chi connectivity index (χ1n) is 7.28. The summed E-state index contributed by atoms with van der Waals surface area (Å²) < 4.78 is 0. The highest BCUT2D eigenvalue weighted by atomic mass is 32.1. The normalized spacial score (nSPS) is 11.7.